The van der Waals surface area contributed by atoms with Gasteiger partial charge in [0, 0.05) is 18.6 Å². The largest absolute Gasteiger partial charge is 0.450 e. The highest BCUT2D eigenvalue weighted by molar-refractivity contribution is 5.67. The number of amides is 1. The summed E-state index contributed by atoms with van der Waals surface area (Å²) in [5, 5.41) is 2.99. The van der Waals surface area contributed by atoms with Crippen LogP contribution in [0.2, 0.25) is 0 Å². The molecule has 2 aliphatic rings. The zero-order chi connectivity index (χ0) is 12.8. The Kier molecular flexibility index (Phi) is 5.29. The maximum Gasteiger partial charge on any atom is 0.407 e. The second kappa shape index (κ2) is 6.98. The van der Waals surface area contributed by atoms with Crippen molar-refractivity contribution in [3.8, 4) is 0 Å². The minimum atomic E-state index is -0.256. The number of rotatable bonds is 3. The summed E-state index contributed by atoms with van der Waals surface area (Å²) in [5.41, 5.74) is 0. The second-order valence-electron chi connectivity index (χ2n) is 5.49. The lowest BCUT2D eigenvalue weighted by atomic mass is 9.92. The third kappa shape index (κ3) is 3.87. The topological polar surface area (TPSA) is 41.6 Å². The fourth-order valence-corrected chi connectivity index (χ4v) is 3.24. The van der Waals surface area contributed by atoms with Crippen LogP contribution in [0.4, 0.5) is 4.79 Å². The van der Waals surface area contributed by atoms with Crippen LogP contribution in [-0.4, -0.2) is 42.8 Å². The van der Waals surface area contributed by atoms with E-state index in [0.29, 0.717) is 6.61 Å². The van der Waals surface area contributed by atoms with Crippen LogP contribution >= 0.6 is 0 Å². The molecular weight excluding hydrogens is 228 g/mol. The van der Waals surface area contributed by atoms with E-state index < -0.39 is 0 Å². The molecule has 0 radical (unpaired) electrons. The van der Waals surface area contributed by atoms with Crippen molar-refractivity contribution in [2.24, 2.45) is 0 Å². The van der Waals surface area contributed by atoms with Gasteiger partial charge < -0.3 is 10.1 Å². The molecule has 1 atom stereocenters. The number of nitrogens with one attached hydrogen (secondary N) is 1. The Labute approximate surface area is 110 Å². The van der Waals surface area contributed by atoms with Gasteiger partial charge in [0.25, 0.3) is 0 Å². The van der Waals surface area contributed by atoms with E-state index in [1.807, 2.05) is 6.92 Å². The predicted molar refractivity (Wildman–Crippen MR) is 71.6 cm³/mol. The quantitative estimate of drug-likeness (QED) is 0.841. The lowest BCUT2D eigenvalue weighted by molar-refractivity contribution is 0.101. The molecule has 2 rings (SSSR count). The Morgan fingerprint density at radius 1 is 1.22 bits per heavy atom. The van der Waals surface area contributed by atoms with Gasteiger partial charge in [-0.3, -0.25) is 4.90 Å². The predicted octanol–water partition coefficient (Wildman–Crippen LogP) is 2.53. The van der Waals surface area contributed by atoms with Crippen LogP contribution in [0, 0.1) is 0 Å². The molecule has 1 aliphatic carbocycles. The molecule has 0 spiro atoms. The van der Waals surface area contributed by atoms with Crippen molar-refractivity contribution < 1.29 is 9.53 Å². The third-order valence-corrected chi connectivity index (χ3v) is 4.14. The van der Waals surface area contributed by atoms with Gasteiger partial charge in [-0.15, -0.1) is 0 Å². The Morgan fingerprint density at radius 2 is 2.00 bits per heavy atom. The number of nitrogens with zero attached hydrogens (tertiary/aromatic N) is 1. The molecule has 1 amide bonds. The standard InChI is InChI=1S/C14H26N2O2/c1-2-18-14(17)15-12-7-6-10-16(11-12)13-8-4-3-5-9-13/h12-13H,2-11H2,1H3,(H,15,17). The summed E-state index contributed by atoms with van der Waals surface area (Å²) in [7, 11) is 0. The summed E-state index contributed by atoms with van der Waals surface area (Å²) >= 11 is 0. The number of hydrogen-bond acceptors (Lipinski definition) is 3. The summed E-state index contributed by atoms with van der Waals surface area (Å²) < 4.78 is 4.96. The van der Waals surface area contributed by atoms with E-state index >= 15 is 0 Å². The summed E-state index contributed by atoms with van der Waals surface area (Å²) in [6.45, 7) is 4.49. The average Bonchev–Trinajstić information content (AvgIpc) is 2.40. The van der Waals surface area contributed by atoms with Crippen molar-refractivity contribution >= 4 is 6.09 Å². The normalized spacial score (nSPS) is 26.8. The number of carbonyl (C=O) groups excluding carboxylic acids is 1. The maximum absolute atomic E-state index is 11.4. The van der Waals surface area contributed by atoms with Crippen molar-refractivity contribution in [1.29, 1.82) is 0 Å². The molecule has 1 heterocycles. The fourth-order valence-electron chi connectivity index (χ4n) is 3.24. The molecule has 0 aromatic carbocycles. The lowest BCUT2D eigenvalue weighted by Gasteiger charge is -2.40. The lowest BCUT2D eigenvalue weighted by Crippen LogP contribution is -2.51. The molecule has 18 heavy (non-hydrogen) atoms. The van der Waals surface area contributed by atoms with E-state index in [1.54, 1.807) is 0 Å². The van der Waals surface area contributed by atoms with Gasteiger partial charge >= 0.3 is 6.09 Å². The maximum atomic E-state index is 11.4. The van der Waals surface area contributed by atoms with Crippen molar-refractivity contribution in [3.63, 3.8) is 0 Å². The summed E-state index contributed by atoms with van der Waals surface area (Å²) in [6, 6.07) is 1.03. The zero-order valence-corrected chi connectivity index (χ0v) is 11.5. The molecule has 4 heteroatoms. The van der Waals surface area contributed by atoms with E-state index in [2.05, 4.69) is 10.2 Å². The van der Waals surface area contributed by atoms with Crippen molar-refractivity contribution in [2.75, 3.05) is 19.7 Å². The smallest absolute Gasteiger partial charge is 0.407 e. The third-order valence-electron chi connectivity index (χ3n) is 4.14. The highest BCUT2D eigenvalue weighted by atomic mass is 16.5. The molecule has 2 fully saturated rings. The zero-order valence-electron chi connectivity index (χ0n) is 11.5. The first-order valence-corrected chi connectivity index (χ1v) is 7.47. The van der Waals surface area contributed by atoms with Gasteiger partial charge in [0.05, 0.1) is 6.61 Å². The minimum absolute atomic E-state index is 0.256. The molecular formula is C14H26N2O2. The SMILES string of the molecule is CCOC(=O)NC1CCCN(C2CCCCC2)C1. The average molecular weight is 254 g/mol. The van der Waals surface area contributed by atoms with Crippen LogP contribution in [0.15, 0.2) is 0 Å². The monoisotopic (exact) mass is 254 g/mol. The van der Waals surface area contributed by atoms with Crippen LogP contribution in [-0.2, 0) is 4.74 Å². The molecule has 1 unspecified atom stereocenters. The van der Waals surface area contributed by atoms with Gasteiger partial charge in [0.2, 0.25) is 0 Å². The van der Waals surface area contributed by atoms with Crippen LogP contribution in [0.1, 0.15) is 51.9 Å². The van der Waals surface area contributed by atoms with Crippen LogP contribution in [0.25, 0.3) is 0 Å². The molecule has 1 aliphatic heterocycles. The Balaban J connectivity index is 1.78. The highest BCUT2D eigenvalue weighted by Crippen LogP contribution is 2.25. The summed E-state index contributed by atoms with van der Waals surface area (Å²) in [6.07, 6.45) is 8.84. The van der Waals surface area contributed by atoms with Crippen LogP contribution < -0.4 is 5.32 Å². The summed E-state index contributed by atoms with van der Waals surface area (Å²) in [5.74, 6) is 0. The molecule has 104 valence electrons. The van der Waals surface area contributed by atoms with E-state index in [1.165, 1.54) is 45.1 Å². The molecule has 1 N–H and O–H groups in total. The van der Waals surface area contributed by atoms with Gasteiger partial charge in [-0.25, -0.2) is 4.79 Å². The summed E-state index contributed by atoms with van der Waals surface area (Å²) in [4.78, 5) is 14.0. The molecule has 0 bridgehead atoms. The van der Waals surface area contributed by atoms with E-state index in [9.17, 15) is 4.79 Å². The fraction of sp³-hybridized carbons (Fsp3) is 0.929. The number of carbonyl (C=O) groups is 1. The number of hydrogen-bond donors (Lipinski definition) is 1. The first-order valence-electron chi connectivity index (χ1n) is 7.47. The second-order valence-corrected chi connectivity index (χ2v) is 5.49. The van der Waals surface area contributed by atoms with Gasteiger partial charge in [-0.2, -0.15) is 0 Å². The van der Waals surface area contributed by atoms with Gasteiger partial charge in [-0.1, -0.05) is 19.3 Å². The van der Waals surface area contributed by atoms with E-state index in [-0.39, 0.29) is 12.1 Å². The number of likely N-dealkylation sites (tertiary alicyclic amines) is 1. The Hall–Kier alpha value is -0.770. The molecule has 0 aromatic heterocycles. The Bertz CT molecular complexity index is 265. The molecule has 0 aromatic rings. The van der Waals surface area contributed by atoms with Gasteiger partial charge in [-0.05, 0) is 39.2 Å². The first-order chi connectivity index (χ1) is 8.79. The number of piperidine rings is 1. The number of alkyl carbamates (subject to hydrolysis) is 1. The molecule has 4 nitrogen and oxygen atoms in total. The van der Waals surface area contributed by atoms with Crippen molar-refractivity contribution in [1.82, 2.24) is 10.2 Å². The van der Waals surface area contributed by atoms with Crippen LogP contribution in [0.3, 0.4) is 0 Å². The Morgan fingerprint density at radius 3 is 2.72 bits per heavy atom. The number of ether oxygens (including phenoxy) is 1. The van der Waals surface area contributed by atoms with Crippen LogP contribution in [0.5, 0.6) is 0 Å². The molecule has 1 saturated carbocycles. The van der Waals surface area contributed by atoms with E-state index in [0.717, 1.165) is 19.0 Å². The minimum Gasteiger partial charge on any atom is -0.450 e. The van der Waals surface area contributed by atoms with Gasteiger partial charge in [0.1, 0.15) is 0 Å². The van der Waals surface area contributed by atoms with Crippen molar-refractivity contribution in [2.45, 2.75) is 64.0 Å². The van der Waals surface area contributed by atoms with Gasteiger partial charge in [0.15, 0.2) is 0 Å². The van der Waals surface area contributed by atoms with E-state index in [4.69, 9.17) is 4.74 Å². The van der Waals surface area contributed by atoms with Crippen molar-refractivity contribution in [3.05, 3.63) is 0 Å². The highest BCUT2D eigenvalue weighted by Gasteiger charge is 2.27. The molecule has 1 saturated heterocycles. The first kappa shape index (κ1) is 13.7.